The molecule has 0 bridgehead atoms. The molecule has 1 unspecified atom stereocenters. The lowest BCUT2D eigenvalue weighted by Crippen LogP contribution is -2.54. The molecule has 21 nitrogen and oxygen atoms in total. The van der Waals surface area contributed by atoms with Crippen molar-refractivity contribution < 1.29 is 52.5 Å². The van der Waals surface area contributed by atoms with Crippen molar-refractivity contribution in [2.75, 3.05) is 97.2 Å². The summed E-state index contributed by atoms with van der Waals surface area (Å²) in [4.78, 5) is 94.6. The monoisotopic (exact) mass is 964 g/mol. The number of nitrogens with one attached hydrogen (secondary N) is 6. The number of imide groups is 2. The van der Waals surface area contributed by atoms with Crippen molar-refractivity contribution in [1.29, 1.82) is 0 Å². The van der Waals surface area contributed by atoms with Crippen LogP contribution in [0.2, 0.25) is 0 Å². The van der Waals surface area contributed by atoms with Crippen LogP contribution in [0.25, 0.3) is 0 Å². The van der Waals surface area contributed by atoms with Gasteiger partial charge in [-0.15, -0.1) is 0 Å². The van der Waals surface area contributed by atoms with Gasteiger partial charge in [0.2, 0.25) is 11.8 Å². The molecule has 1 aromatic heterocycles. The lowest BCUT2D eigenvalue weighted by molar-refractivity contribution is -0.136. The summed E-state index contributed by atoms with van der Waals surface area (Å²) in [5.41, 5.74) is 3.28. The number of fused-ring (bicyclic) bond motifs is 2. The molecule has 70 heavy (non-hydrogen) atoms. The number of urea groups is 1. The number of aromatic amines is 1. The van der Waals surface area contributed by atoms with Gasteiger partial charge in [0.25, 0.3) is 23.6 Å². The molecule has 2 atom stereocenters. The number of aromatic nitrogens is 2. The van der Waals surface area contributed by atoms with Gasteiger partial charge in [0.15, 0.2) is 5.82 Å². The van der Waals surface area contributed by atoms with Crippen LogP contribution in [-0.4, -0.2) is 159 Å². The van der Waals surface area contributed by atoms with Gasteiger partial charge in [0.05, 0.1) is 87.8 Å². The van der Waals surface area contributed by atoms with Crippen LogP contribution in [0.1, 0.15) is 91.0 Å². The average Bonchev–Trinajstić information content (AvgIpc) is 3.96. The zero-order chi connectivity index (χ0) is 49.8. The normalized spacial score (nSPS) is 16.5. The molecule has 1 saturated heterocycles. The van der Waals surface area contributed by atoms with E-state index in [0.29, 0.717) is 82.0 Å². The second-order valence-corrected chi connectivity index (χ2v) is 17.6. The van der Waals surface area contributed by atoms with E-state index in [9.17, 15) is 33.6 Å². The molecule has 3 aromatic carbocycles. The van der Waals surface area contributed by atoms with Crippen LogP contribution in [0.4, 0.5) is 16.3 Å². The van der Waals surface area contributed by atoms with Crippen LogP contribution in [0.15, 0.2) is 72.8 Å². The summed E-state index contributed by atoms with van der Waals surface area (Å²) in [7, 11) is 3.92. The third-order valence-corrected chi connectivity index (χ3v) is 12.1. The van der Waals surface area contributed by atoms with E-state index in [1.165, 1.54) is 6.07 Å². The molecule has 3 aliphatic rings. The lowest BCUT2D eigenvalue weighted by atomic mass is 10.0. The Labute approximate surface area is 405 Å². The Kier molecular flexibility index (Phi) is 17.1. The molecule has 0 radical (unpaired) electrons. The van der Waals surface area contributed by atoms with E-state index in [0.717, 1.165) is 21.7 Å². The van der Waals surface area contributed by atoms with Crippen molar-refractivity contribution in [2.45, 2.75) is 50.9 Å². The number of hydrogen-bond acceptors (Lipinski definition) is 14. The van der Waals surface area contributed by atoms with E-state index in [4.69, 9.17) is 18.9 Å². The number of H-pyrrole nitrogens is 1. The Balaban J connectivity index is 0.717. The highest BCUT2D eigenvalue weighted by Gasteiger charge is 2.46. The first-order chi connectivity index (χ1) is 33.7. The predicted octanol–water partition coefficient (Wildman–Crippen LogP) is 3.03. The number of rotatable bonds is 24. The summed E-state index contributed by atoms with van der Waals surface area (Å²) in [5.74, 6) is -2.63. The molecule has 1 fully saturated rings. The molecule has 7 rings (SSSR count). The molecule has 21 heteroatoms. The molecule has 6 N–H and O–H groups in total. The lowest BCUT2D eigenvalue weighted by Gasteiger charge is -2.34. The Hall–Kier alpha value is -7.04. The van der Waals surface area contributed by atoms with Crippen molar-refractivity contribution in [2.24, 2.45) is 0 Å². The van der Waals surface area contributed by atoms with Gasteiger partial charge in [-0.2, -0.15) is 5.10 Å². The number of carbonyl (C=O) groups excluding carboxylic acids is 7. The van der Waals surface area contributed by atoms with Crippen LogP contribution in [0.3, 0.4) is 0 Å². The number of benzene rings is 3. The minimum absolute atomic E-state index is 0.0480. The summed E-state index contributed by atoms with van der Waals surface area (Å²) in [6.07, 6.45) is 0.133. The predicted molar refractivity (Wildman–Crippen MR) is 255 cm³/mol. The third-order valence-electron chi connectivity index (χ3n) is 12.1. The number of nitrogens with zero attached hydrogens (tertiary/aromatic N) is 4. The minimum Gasteiger partial charge on any atom is -0.382 e. The molecule has 4 heterocycles. The quantitative estimate of drug-likeness (QED) is 0.0436. The summed E-state index contributed by atoms with van der Waals surface area (Å²) in [6, 6.07) is 19.5. The Bertz CT molecular complexity index is 2530. The second kappa shape index (κ2) is 23.5. The van der Waals surface area contributed by atoms with E-state index >= 15 is 0 Å². The van der Waals surface area contributed by atoms with Gasteiger partial charge >= 0.3 is 6.03 Å². The van der Waals surface area contributed by atoms with Gasteiger partial charge in [0, 0.05) is 48.4 Å². The summed E-state index contributed by atoms with van der Waals surface area (Å²) in [6.45, 7) is 7.94. The number of amides is 8. The molecular formula is C49H60N10O11. The van der Waals surface area contributed by atoms with E-state index in [1.54, 1.807) is 41.3 Å². The first kappa shape index (κ1) is 50.8. The Morgan fingerprint density at radius 3 is 2.06 bits per heavy atom. The second-order valence-electron chi connectivity index (χ2n) is 17.6. The first-order valence-electron chi connectivity index (χ1n) is 23.2. The van der Waals surface area contributed by atoms with Crippen LogP contribution < -0.4 is 26.6 Å². The maximum absolute atomic E-state index is 13.7. The van der Waals surface area contributed by atoms with Crippen molar-refractivity contribution in [3.05, 3.63) is 112 Å². The number of anilines is 2. The van der Waals surface area contributed by atoms with Gasteiger partial charge in [-0.1, -0.05) is 36.4 Å². The van der Waals surface area contributed by atoms with E-state index < -0.39 is 41.1 Å². The Morgan fingerprint density at radius 1 is 0.786 bits per heavy atom. The fraction of sp³-hybridized carbons (Fsp3) is 0.429. The molecule has 4 aromatic rings. The van der Waals surface area contributed by atoms with Gasteiger partial charge in [-0.3, -0.25) is 44.1 Å². The van der Waals surface area contributed by atoms with E-state index in [2.05, 4.69) is 36.8 Å². The standard InChI is InChI=1S/C49H60N10O11/c1-49(2)41-35(29-58(49)48(66)52-37(30-57(3)4)31-9-6-5-7-10-31)42(56-55-41)54-44(62)33-15-13-32(14-16-33)43(61)51-20-22-68-24-26-70-28-27-69-25-23-67-21-19-50-36-12-8-11-34-40(36)47(65)59(46(34)64)38-17-18-39(60)53-45(38)63/h5-16,37-38,50H,17-30H2,1-4H3,(H,51,61)(H,52,66)(H,53,60,63)(H2,54,55,56,62)/t37-,38?/m1/s1. The van der Waals surface area contributed by atoms with Crippen molar-refractivity contribution in [3.63, 3.8) is 0 Å². The average molecular weight is 965 g/mol. The fourth-order valence-electron chi connectivity index (χ4n) is 8.43. The zero-order valence-corrected chi connectivity index (χ0v) is 39.8. The van der Waals surface area contributed by atoms with Crippen LogP contribution >= 0.6 is 0 Å². The highest BCUT2D eigenvalue weighted by molar-refractivity contribution is 6.25. The van der Waals surface area contributed by atoms with E-state index in [-0.39, 0.29) is 61.6 Å². The van der Waals surface area contributed by atoms with Crippen molar-refractivity contribution in [1.82, 2.24) is 40.8 Å². The van der Waals surface area contributed by atoms with Gasteiger partial charge in [-0.25, -0.2) is 4.79 Å². The minimum atomic E-state index is -1.03. The number of hydrogen-bond donors (Lipinski definition) is 6. The van der Waals surface area contributed by atoms with Crippen LogP contribution in [0, 0.1) is 0 Å². The molecule has 3 aliphatic heterocycles. The molecular weight excluding hydrogens is 905 g/mol. The van der Waals surface area contributed by atoms with Gasteiger partial charge in [-0.05, 0) is 76.3 Å². The topological polar surface area (TPSA) is 255 Å². The Morgan fingerprint density at radius 2 is 1.41 bits per heavy atom. The maximum Gasteiger partial charge on any atom is 0.319 e. The highest BCUT2D eigenvalue weighted by atomic mass is 16.6. The number of piperidine rings is 1. The maximum atomic E-state index is 13.7. The first-order valence-corrected chi connectivity index (χ1v) is 23.2. The molecule has 0 spiro atoms. The molecule has 0 saturated carbocycles. The molecule has 0 aliphatic carbocycles. The van der Waals surface area contributed by atoms with Gasteiger partial charge < -0.3 is 50.0 Å². The van der Waals surface area contributed by atoms with Crippen molar-refractivity contribution >= 4 is 53.0 Å². The zero-order valence-electron chi connectivity index (χ0n) is 39.8. The number of ether oxygens (including phenoxy) is 4. The fourth-order valence-corrected chi connectivity index (χ4v) is 8.43. The SMILES string of the molecule is CN(C)C[C@@H](NC(=O)N1Cc2c(NC(=O)c3ccc(C(=O)NCCOCCOCCOCCOCCNc4cccc5c4C(=O)N(C4CCC(=O)NC4=O)C5=O)cc3)n[nH]c2C1(C)C)c1ccccc1. The molecule has 8 amide bonds. The van der Waals surface area contributed by atoms with Crippen LogP contribution in [-0.2, 0) is 40.6 Å². The van der Waals surface area contributed by atoms with Crippen molar-refractivity contribution in [3.8, 4) is 0 Å². The largest absolute Gasteiger partial charge is 0.382 e. The number of likely N-dealkylation sites (N-methyl/N-ethyl adjacent to an activating group) is 1. The number of carbonyl (C=O) groups is 7. The third kappa shape index (κ3) is 12.2. The summed E-state index contributed by atoms with van der Waals surface area (Å²) in [5, 5.41) is 21.6. The summed E-state index contributed by atoms with van der Waals surface area (Å²) >= 11 is 0. The molecule has 372 valence electrons. The van der Waals surface area contributed by atoms with Crippen LogP contribution in [0.5, 0.6) is 0 Å². The smallest absolute Gasteiger partial charge is 0.319 e. The summed E-state index contributed by atoms with van der Waals surface area (Å²) < 4.78 is 22.3. The highest BCUT2D eigenvalue weighted by Crippen LogP contribution is 2.41. The van der Waals surface area contributed by atoms with E-state index in [1.807, 2.05) is 63.2 Å². The van der Waals surface area contributed by atoms with Gasteiger partial charge in [0.1, 0.15) is 6.04 Å².